The van der Waals surface area contributed by atoms with Gasteiger partial charge in [-0.15, -0.1) is 11.3 Å². The van der Waals surface area contributed by atoms with Crippen LogP contribution in [0.2, 0.25) is 0 Å². The molecule has 0 aromatic carbocycles. The summed E-state index contributed by atoms with van der Waals surface area (Å²) >= 11 is 1.82. The van der Waals surface area contributed by atoms with Gasteiger partial charge < -0.3 is 0 Å². The second-order valence-electron chi connectivity index (χ2n) is 7.77. The smallest absolute Gasteiger partial charge is 0.266 e. The number of nitrogens with zero attached hydrogens (tertiary/aromatic N) is 4. The first kappa shape index (κ1) is 15.7. The Labute approximate surface area is 151 Å². The number of rotatable bonds is 6. The average molecular weight is 356 g/mol. The Morgan fingerprint density at radius 2 is 1.96 bits per heavy atom. The van der Waals surface area contributed by atoms with Crippen LogP contribution in [0.5, 0.6) is 0 Å². The van der Waals surface area contributed by atoms with Gasteiger partial charge in [0.15, 0.2) is 0 Å². The zero-order valence-electron chi connectivity index (χ0n) is 14.4. The van der Waals surface area contributed by atoms with E-state index in [0.29, 0.717) is 18.5 Å². The van der Waals surface area contributed by atoms with Crippen LogP contribution in [-0.2, 0) is 13.1 Å². The van der Waals surface area contributed by atoms with Crippen LogP contribution in [0, 0.1) is 0 Å². The topological polar surface area (TPSA) is 51.0 Å². The highest BCUT2D eigenvalue weighted by Gasteiger charge is 2.30. The van der Waals surface area contributed by atoms with Gasteiger partial charge in [-0.25, -0.2) is 9.67 Å². The number of thiazole rings is 1. The molecular weight excluding hydrogens is 332 g/mol. The fourth-order valence-corrected chi connectivity index (χ4v) is 4.81. The van der Waals surface area contributed by atoms with Gasteiger partial charge in [0.25, 0.3) is 5.56 Å². The highest BCUT2D eigenvalue weighted by molar-refractivity contribution is 7.09. The molecule has 3 heterocycles. The van der Waals surface area contributed by atoms with Gasteiger partial charge >= 0.3 is 0 Å². The summed E-state index contributed by atoms with van der Waals surface area (Å²) in [5, 5.41) is 8.18. The van der Waals surface area contributed by atoms with Crippen LogP contribution in [0.1, 0.15) is 66.8 Å². The van der Waals surface area contributed by atoms with E-state index in [2.05, 4.69) is 15.4 Å². The predicted octanol–water partition coefficient (Wildman–Crippen LogP) is 3.12. The molecule has 6 heteroatoms. The lowest BCUT2D eigenvalue weighted by Gasteiger charge is -2.24. The summed E-state index contributed by atoms with van der Waals surface area (Å²) in [6.07, 6.45) is 7.39. The molecular formula is C19H24N4OS. The van der Waals surface area contributed by atoms with Gasteiger partial charge in [0.1, 0.15) is 0 Å². The van der Waals surface area contributed by atoms with E-state index < -0.39 is 0 Å². The summed E-state index contributed by atoms with van der Waals surface area (Å²) in [5.74, 6) is 1.32. The van der Waals surface area contributed by atoms with E-state index in [-0.39, 0.29) is 5.56 Å². The minimum atomic E-state index is 0.0286. The third kappa shape index (κ3) is 3.42. The molecule has 3 fully saturated rings. The van der Waals surface area contributed by atoms with Gasteiger partial charge in [-0.2, -0.15) is 5.10 Å². The van der Waals surface area contributed by atoms with Gasteiger partial charge in [-0.3, -0.25) is 9.69 Å². The maximum atomic E-state index is 12.2. The molecule has 2 saturated carbocycles. The zero-order valence-corrected chi connectivity index (χ0v) is 15.2. The molecule has 3 aliphatic rings. The van der Waals surface area contributed by atoms with Crippen molar-refractivity contribution in [2.45, 2.75) is 69.5 Å². The lowest BCUT2D eigenvalue weighted by atomic mass is 10.2. The predicted molar refractivity (Wildman–Crippen MR) is 98.0 cm³/mol. The van der Waals surface area contributed by atoms with Crippen molar-refractivity contribution in [3.63, 3.8) is 0 Å². The molecule has 1 saturated heterocycles. The lowest BCUT2D eigenvalue weighted by molar-refractivity contribution is 0.214. The number of hydrogen-bond acceptors (Lipinski definition) is 5. The second-order valence-corrected chi connectivity index (χ2v) is 8.66. The first-order chi connectivity index (χ1) is 12.3. The fourth-order valence-electron chi connectivity index (χ4n) is 3.82. The molecule has 2 aromatic heterocycles. The molecule has 0 N–H and O–H groups in total. The van der Waals surface area contributed by atoms with E-state index in [0.717, 1.165) is 31.1 Å². The minimum absolute atomic E-state index is 0.0286. The summed E-state index contributed by atoms with van der Waals surface area (Å²) in [6.45, 7) is 2.71. The first-order valence-corrected chi connectivity index (χ1v) is 10.4. The summed E-state index contributed by atoms with van der Waals surface area (Å²) in [4.78, 5) is 19.5. The summed E-state index contributed by atoms with van der Waals surface area (Å²) in [7, 11) is 0. The zero-order chi connectivity index (χ0) is 16.8. The highest BCUT2D eigenvalue weighted by atomic mass is 32.1. The van der Waals surface area contributed by atoms with Crippen LogP contribution >= 0.6 is 11.3 Å². The van der Waals surface area contributed by atoms with Crippen LogP contribution in [0.3, 0.4) is 0 Å². The Kier molecular flexibility index (Phi) is 3.97. The van der Waals surface area contributed by atoms with E-state index in [1.165, 1.54) is 42.8 Å². The molecule has 5 rings (SSSR count). The van der Waals surface area contributed by atoms with Crippen molar-refractivity contribution >= 4 is 11.3 Å². The van der Waals surface area contributed by atoms with Gasteiger partial charge in [0.05, 0.1) is 22.9 Å². The largest absolute Gasteiger partial charge is 0.293 e. The number of aromatic nitrogens is 3. The monoisotopic (exact) mass is 356 g/mol. The van der Waals surface area contributed by atoms with Crippen molar-refractivity contribution in [1.29, 1.82) is 0 Å². The Balaban J connectivity index is 1.29. The van der Waals surface area contributed by atoms with Crippen molar-refractivity contribution in [3.8, 4) is 0 Å². The maximum absolute atomic E-state index is 12.2. The van der Waals surface area contributed by atoms with E-state index >= 15 is 0 Å². The van der Waals surface area contributed by atoms with Crippen LogP contribution in [0.15, 0.2) is 22.3 Å². The fraction of sp³-hybridized carbons (Fsp3) is 0.632. The van der Waals surface area contributed by atoms with Crippen LogP contribution in [0.25, 0.3) is 0 Å². The SMILES string of the molecule is O=c1ccc(C2CC2)nn1CC1CCCN1Cc1csc(C2CC2)n1. The standard InChI is InChI=1S/C19H24N4OS/c24-18-8-7-17(13-3-4-13)21-23(18)11-16-2-1-9-22(16)10-15-12-25-19(20-15)14-5-6-14/h7-8,12-14,16H,1-6,9-11H2. The molecule has 1 aliphatic heterocycles. The Morgan fingerprint density at radius 1 is 1.12 bits per heavy atom. The lowest BCUT2D eigenvalue weighted by Crippen LogP contribution is -2.37. The van der Waals surface area contributed by atoms with Crippen LogP contribution < -0.4 is 5.56 Å². The van der Waals surface area contributed by atoms with Gasteiger partial charge in [0.2, 0.25) is 0 Å². The molecule has 2 aliphatic carbocycles. The van der Waals surface area contributed by atoms with Gasteiger partial charge in [-0.1, -0.05) is 0 Å². The first-order valence-electron chi connectivity index (χ1n) is 9.53. The molecule has 1 atom stereocenters. The molecule has 1 unspecified atom stereocenters. The van der Waals surface area contributed by atoms with E-state index in [4.69, 9.17) is 4.98 Å². The normalized spacial score (nSPS) is 24.1. The van der Waals surface area contributed by atoms with Crippen molar-refractivity contribution in [3.05, 3.63) is 44.3 Å². The van der Waals surface area contributed by atoms with Crippen LogP contribution in [-0.4, -0.2) is 32.3 Å². The maximum Gasteiger partial charge on any atom is 0.266 e. The minimum Gasteiger partial charge on any atom is -0.293 e. The van der Waals surface area contributed by atoms with Gasteiger partial charge in [-0.05, 0) is 51.1 Å². The Hall–Kier alpha value is -1.53. The van der Waals surface area contributed by atoms with Crippen molar-refractivity contribution in [2.24, 2.45) is 0 Å². The molecule has 0 radical (unpaired) electrons. The molecule has 0 spiro atoms. The van der Waals surface area contributed by atoms with E-state index in [9.17, 15) is 4.79 Å². The summed E-state index contributed by atoms with van der Waals surface area (Å²) in [5.41, 5.74) is 2.32. The molecule has 5 nitrogen and oxygen atoms in total. The second kappa shape index (κ2) is 6.32. The third-order valence-electron chi connectivity index (χ3n) is 5.63. The van der Waals surface area contributed by atoms with Gasteiger partial charge in [0, 0.05) is 35.9 Å². The molecule has 0 bridgehead atoms. The Bertz CT molecular complexity index is 821. The van der Waals surface area contributed by atoms with E-state index in [1.54, 1.807) is 10.7 Å². The molecule has 132 valence electrons. The summed E-state index contributed by atoms with van der Waals surface area (Å²) < 4.78 is 1.70. The van der Waals surface area contributed by atoms with E-state index in [1.807, 2.05) is 17.4 Å². The van der Waals surface area contributed by atoms with Crippen LogP contribution in [0.4, 0.5) is 0 Å². The van der Waals surface area contributed by atoms with Crippen molar-refractivity contribution in [2.75, 3.05) is 6.54 Å². The van der Waals surface area contributed by atoms with Crippen molar-refractivity contribution < 1.29 is 0 Å². The molecule has 25 heavy (non-hydrogen) atoms. The highest BCUT2D eigenvalue weighted by Crippen LogP contribution is 2.41. The third-order valence-corrected chi connectivity index (χ3v) is 6.68. The number of likely N-dealkylation sites (tertiary alicyclic amines) is 1. The molecule has 2 aromatic rings. The quantitative estimate of drug-likeness (QED) is 0.798. The summed E-state index contributed by atoms with van der Waals surface area (Å²) in [6, 6.07) is 4.01. The number of hydrogen-bond donors (Lipinski definition) is 0. The van der Waals surface area contributed by atoms with Crippen molar-refractivity contribution in [1.82, 2.24) is 19.7 Å². The Morgan fingerprint density at radius 3 is 2.76 bits per heavy atom. The average Bonchev–Trinajstić information content (AvgIpc) is 3.54. The molecule has 0 amide bonds.